The lowest BCUT2D eigenvalue weighted by molar-refractivity contribution is -0.147. The molecule has 178 valence electrons. The fraction of sp³-hybridized carbons (Fsp3) is 0.560. The van der Waals surface area contributed by atoms with E-state index in [4.69, 9.17) is 4.74 Å². The number of likely N-dealkylation sites (tertiary alicyclic amines) is 1. The number of carbonyl (C=O) groups excluding carboxylic acids is 3. The Kier molecular flexibility index (Phi) is 5.43. The number of amides is 3. The number of anilines is 1. The zero-order valence-corrected chi connectivity index (χ0v) is 19.9. The van der Waals surface area contributed by atoms with Crippen LogP contribution in [-0.2, 0) is 19.1 Å². The van der Waals surface area contributed by atoms with Gasteiger partial charge in [-0.3, -0.25) is 14.4 Å². The standard InChI is InChI=1S/C25H32FN3O4/c1-7-24(5,6)29-19(21(31)28-23(2,3)4)25-13-12-16(33-25)17(18(25)22(29)32)20(30)27-15-11-9-8-10-14(15)26/h8-13,16-19H,7H2,1-6H3,(H,27,30)(H,28,31)/t16-,17+,18+,19+,25+/m1/s1. The van der Waals surface area contributed by atoms with Crippen molar-refractivity contribution in [2.75, 3.05) is 5.32 Å². The highest BCUT2D eigenvalue weighted by atomic mass is 19.1. The van der Waals surface area contributed by atoms with E-state index in [2.05, 4.69) is 10.6 Å². The van der Waals surface area contributed by atoms with Crippen LogP contribution < -0.4 is 10.6 Å². The molecule has 1 aromatic rings. The van der Waals surface area contributed by atoms with Gasteiger partial charge in [-0.15, -0.1) is 0 Å². The predicted octanol–water partition coefficient (Wildman–Crippen LogP) is 3.02. The largest absolute Gasteiger partial charge is 0.359 e. The first-order valence-corrected chi connectivity index (χ1v) is 11.4. The van der Waals surface area contributed by atoms with Gasteiger partial charge in [0.15, 0.2) is 0 Å². The summed E-state index contributed by atoms with van der Waals surface area (Å²) in [5.41, 5.74) is -2.36. The van der Waals surface area contributed by atoms with E-state index in [1.807, 2.05) is 41.5 Å². The van der Waals surface area contributed by atoms with Gasteiger partial charge in [0.1, 0.15) is 17.5 Å². The molecule has 2 fully saturated rings. The smallest absolute Gasteiger partial charge is 0.246 e. The number of hydrogen-bond acceptors (Lipinski definition) is 4. The molecule has 8 heteroatoms. The van der Waals surface area contributed by atoms with Crippen LogP contribution in [0, 0.1) is 17.7 Å². The number of halogens is 1. The molecule has 7 nitrogen and oxygen atoms in total. The molecule has 3 amide bonds. The van der Waals surface area contributed by atoms with Gasteiger partial charge >= 0.3 is 0 Å². The van der Waals surface area contributed by atoms with Crippen molar-refractivity contribution in [1.82, 2.24) is 10.2 Å². The second kappa shape index (κ2) is 7.65. The molecule has 3 aliphatic rings. The summed E-state index contributed by atoms with van der Waals surface area (Å²) in [5, 5.41) is 5.61. The highest BCUT2D eigenvalue weighted by Gasteiger charge is 2.74. The quantitative estimate of drug-likeness (QED) is 0.666. The number of carbonyl (C=O) groups is 3. The van der Waals surface area contributed by atoms with Crippen LogP contribution in [0.2, 0.25) is 0 Å². The number of ether oxygens (including phenoxy) is 1. The van der Waals surface area contributed by atoms with Gasteiger partial charge in [0, 0.05) is 11.1 Å². The fourth-order valence-corrected chi connectivity index (χ4v) is 5.21. The first-order valence-electron chi connectivity index (χ1n) is 11.4. The Morgan fingerprint density at radius 1 is 1.15 bits per heavy atom. The van der Waals surface area contributed by atoms with Gasteiger partial charge in [0.05, 0.1) is 23.6 Å². The molecule has 2 saturated heterocycles. The average molecular weight is 458 g/mol. The molecule has 1 spiro atoms. The Labute approximate surface area is 193 Å². The van der Waals surface area contributed by atoms with Gasteiger partial charge in [-0.1, -0.05) is 31.2 Å². The molecule has 3 aliphatic heterocycles. The molecule has 33 heavy (non-hydrogen) atoms. The van der Waals surface area contributed by atoms with Crippen LogP contribution in [-0.4, -0.2) is 51.4 Å². The number of benzene rings is 1. The van der Waals surface area contributed by atoms with Gasteiger partial charge < -0.3 is 20.3 Å². The van der Waals surface area contributed by atoms with Crippen molar-refractivity contribution < 1.29 is 23.5 Å². The van der Waals surface area contributed by atoms with Crippen molar-refractivity contribution >= 4 is 23.4 Å². The van der Waals surface area contributed by atoms with E-state index < -0.39 is 52.4 Å². The Bertz CT molecular complexity index is 1030. The zero-order chi connectivity index (χ0) is 24.3. The Hall–Kier alpha value is -2.74. The minimum absolute atomic E-state index is 0.0431. The van der Waals surface area contributed by atoms with E-state index in [-0.39, 0.29) is 17.5 Å². The van der Waals surface area contributed by atoms with Crippen LogP contribution in [0.25, 0.3) is 0 Å². The second-order valence-corrected chi connectivity index (χ2v) is 10.8. The molecule has 3 heterocycles. The number of rotatable bonds is 5. The predicted molar refractivity (Wildman–Crippen MR) is 122 cm³/mol. The van der Waals surface area contributed by atoms with Gasteiger partial charge in [-0.05, 0) is 53.2 Å². The summed E-state index contributed by atoms with van der Waals surface area (Å²) in [6.07, 6.45) is 3.46. The molecule has 0 saturated carbocycles. The highest BCUT2D eigenvalue weighted by Crippen LogP contribution is 2.56. The third kappa shape index (κ3) is 3.64. The molecular formula is C25H32FN3O4. The van der Waals surface area contributed by atoms with Crippen LogP contribution >= 0.6 is 0 Å². The topological polar surface area (TPSA) is 87.7 Å². The maximum Gasteiger partial charge on any atom is 0.246 e. The van der Waals surface area contributed by atoms with Gasteiger partial charge in [-0.2, -0.15) is 0 Å². The van der Waals surface area contributed by atoms with Crippen molar-refractivity contribution in [3.8, 4) is 0 Å². The van der Waals surface area contributed by atoms with E-state index in [9.17, 15) is 18.8 Å². The maximum atomic E-state index is 14.2. The zero-order valence-electron chi connectivity index (χ0n) is 19.9. The monoisotopic (exact) mass is 457 g/mol. The lowest BCUT2D eigenvalue weighted by Gasteiger charge is -2.42. The van der Waals surface area contributed by atoms with E-state index >= 15 is 0 Å². The van der Waals surface area contributed by atoms with Crippen molar-refractivity contribution in [2.45, 2.75) is 76.8 Å². The van der Waals surface area contributed by atoms with Crippen LogP contribution in [0.15, 0.2) is 36.4 Å². The summed E-state index contributed by atoms with van der Waals surface area (Å²) in [4.78, 5) is 42.3. The average Bonchev–Trinajstić information content (AvgIpc) is 3.36. The molecule has 0 aromatic heterocycles. The molecule has 5 atom stereocenters. The lowest BCUT2D eigenvalue weighted by atomic mass is 9.74. The van der Waals surface area contributed by atoms with Gasteiger partial charge in [0.25, 0.3) is 0 Å². The summed E-state index contributed by atoms with van der Waals surface area (Å²) in [5.74, 6) is -3.42. The Morgan fingerprint density at radius 3 is 2.42 bits per heavy atom. The molecule has 2 N–H and O–H groups in total. The number of nitrogens with zero attached hydrogens (tertiary/aromatic N) is 1. The van der Waals surface area contributed by atoms with Gasteiger partial charge in [-0.25, -0.2) is 4.39 Å². The Morgan fingerprint density at radius 2 is 1.82 bits per heavy atom. The summed E-state index contributed by atoms with van der Waals surface area (Å²) < 4.78 is 20.5. The summed E-state index contributed by atoms with van der Waals surface area (Å²) >= 11 is 0. The number of nitrogens with one attached hydrogen (secondary N) is 2. The number of fused-ring (bicyclic) bond motifs is 1. The maximum absolute atomic E-state index is 14.2. The third-order valence-corrected chi connectivity index (χ3v) is 6.97. The van der Waals surface area contributed by atoms with Crippen molar-refractivity contribution in [3.63, 3.8) is 0 Å². The molecular weight excluding hydrogens is 425 g/mol. The van der Waals surface area contributed by atoms with Crippen molar-refractivity contribution in [2.24, 2.45) is 11.8 Å². The summed E-state index contributed by atoms with van der Waals surface area (Å²) in [6, 6.07) is 4.96. The normalized spacial score (nSPS) is 30.5. The van der Waals surface area contributed by atoms with E-state index in [1.54, 1.807) is 23.1 Å². The number of para-hydroxylation sites is 1. The second-order valence-electron chi connectivity index (χ2n) is 10.8. The van der Waals surface area contributed by atoms with Gasteiger partial charge in [0.2, 0.25) is 17.7 Å². The first kappa shape index (κ1) is 23.4. The highest BCUT2D eigenvalue weighted by molar-refractivity contribution is 6.03. The third-order valence-electron chi connectivity index (χ3n) is 6.97. The molecule has 4 rings (SSSR count). The molecule has 0 aliphatic carbocycles. The molecule has 2 bridgehead atoms. The van der Waals surface area contributed by atoms with Crippen LogP contribution in [0.4, 0.5) is 10.1 Å². The van der Waals surface area contributed by atoms with E-state index in [0.717, 1.165) is 0 Å². The van der Waals surface area contributed by atoms with Crippen LogP contribution in [0.3, 0.4) is 0 Å². The SMILES string of the molecule is CCC(C)(C)N1C(=O)[C@@H]2[C@@H](C(=O)Nc3ccccc3F)[C@H]3C=C[C@@]2(O3)[C@@H]1C(=O)NC(C)(C)C. The number of hydrogen-bond donors (Lipinski definition) is 2. The van der Waals surface area contributed by atoms with Crippen molar-refractivity contribution in [3.05, 3.63) is 42.2 Å². The van der Waals surface area contributed by atoms with E-state index in [0.29, 0.717) is 6.42 Å². The van der Waals surface area contributed by atoms with Crippen molar-refractivity contribution in [1.29, 1.82) is 0 Å². The molecule has 0 radical (unpaired) electrons. The molecule has 1 aromatic carbocycles. The van der Waals surface area contributed by atoms with Crippen LogP contribution in [0.1, 0.15) is 48.0 Å². The summed E-state index contributed by atoms with van der Waals surface area (Å²) in [6.45, 7) is 11.4. The fourth-order valence-electron chi connectivity index (χ4n) is 5.21. The molecule has 0 unspecified atom stereocenters. The minimum Gasteiger partial charge on any atom is -0.359 e. The minimum atomic E-state index is -1.25. The summed E-state index contributed by atoms with van der Waals surface area (Å²) in [7, 11) is 0. The first-order chi connectivity index (χ1) is 15.3. The van der Waals surface area contributed by atoms with Crippen LogP contribution in [0.5, 0.6) is 0 Å². The van der Waals surface area contributed by atoms with E-state index in [1.165, 1.54) is 18.2 Å². The Balaban J connectivity index is 1.74. The lowest BCUT2D eigenvalue weighted by Crippen LogP contribution is -2.61.